The van der Waals surface area contributed by atoms with E-state index in [-0.39, 0.29) is 26.2 Å². The van der Waals surface area contributed by atoms with Crippen molar-refractivity contribution in [3.63, 3.8) is 0 Å². The minimum absolute atomic E-state index is 0.0359. The summed E-state index contributed by atoms with van der Waals surface area (Å²) in [5.41, 5.74) is -1.09. The van der Waals surface area contributed by atoms with Gasteiger partial charge < -0.3 is 14.8 Å². The Bertz CT molecular complexity index is 279. The Morgan fingerprint density at radius 3 is 2.29 bits per heavy atom. The molecule has 0 bridgehead atoms. The van der Waals surface area contributed by atoms with Crippen LogP contribution in [0, 0.1) is 5.41 Å². The second kappa shape index (κ2) is 7.65. The Morgan fingerprint density at radius 1 is 1.24 bits per heavy atom. The molecule has 0 aliphatic carbocycles. The number of rotatable bonds is 8. The van der Waals surface area contributed by atoms with Crippen molar-refractivity contribution < 1.29 is 23.9 Å². The van der Waals surface area contributed by atoms with Gasteiger partial charge in [-0.2, -0.15) is 0 Å². The first-order valence-electron chi connectivity index (χ1n) is 5.50. The fraction of sp³-hybridized carbons (Fsp3) is 0.727. The van der Waals surface area contributed by atoms with Crippen LogP contribution in [-0.2, 0) is 23.9 Å². The number of hydrogen-bond donors (Lipinski definition) is 1. The second-order valence-electron chi connectivity index (χ2n) is 3.76. The van der Waals surface area contributed by atoms with Crippen LogP contribution in [0.4, 0.5) is 0 Å². The van der Waals surface area contributed by atoms with Crippen molar-refractivity contribution >= 4 is 18.3 Å². The first-order chi connectivity index (χ1) is 8.00. The summed E-state index contributed by atoms with van der Waals surface area (Å²) in [7, 11) is 0. The molecule has 1 amide bonds. The second-order valence-corrected chi connectivity index (χ2v) is 3.76. The zero-order valence-corrected chi connectivity index (χ0v) is 10.4. The van der Waals surface area contributed by atoms with Gasteiger partial charge in [0.2, 0.25) is 6.41 Å². The molecule has 0 rings (SSSR count). The average Bonchev–Trinajstić information content (AvgIpc) is 2.27. The molecule has 0 saturated heterocycles. The molecule has 1 atom stereocenters. The van der Waals surface area contributed by atoms with Crippen molar-refractivity contribution in [2.45, 2.75) is 27.2 Å². The topological polar surface area (TPSA) is 81.7 Å². The van der Waals surface area contributed by atoms with Gasteiger partial charge in [-0.3, -0.25) is 14.4 Å². The fourth-order valence-electron chi connectivity index (χ4n) is 1.31. The molecule has 98 valence electrons. The zero-order valence-electron chi connectivity index (χ0n) is 10.4. The zero-order chi connectivity index (χ0) is 13.3. The Hall–Kier alpha value is -1.59. The molecule has 1 unspecified atom stereocenters. The van der Waals surface area contributed by atoms with Gasteiger partial charge in [-0.05, 0) is 20.8 Å². The van der Waals surface area contributed by atoms with Crippen molar-refractivity contribution in [2.75, 3.05) is 19.8 Å². The highest BCUT2D eigenvalue weighted by atomic mass is 16.5. The molecule has 0 saturated carbocycles. The molecule has 1 N–H and O–H groups in total. The Kier molecular flexibility index (Phi) is 6.93. The van der Waals surface area contributed by atoms with Gasteiger partial charge in [0, 0.05) is 6.54 Å². The monoisotopic (exact) mass is 245 g/mol. The van der Waals surface area contributed by atoms with Gasteiger partial charge in [0.25, 0.3) is 0 Å². The van der Waals surface area contributed by atoms with Gasteiger partial charge in [-0.15, -0.1) is 0 Å². The number of ether oxygens (including phenoxy) is 2. The van der Waals surface area contributed by atoms with Crippen LogP contribution in [0.2, 0.25) is 0 Å². The molecule has 0 spiro atoms. The predicted octanol–water partition coefficient (Wildman–Crippen LogP) is 0.255. The molecular formula is C11H19NO5. The van der Waals surface area contributed by atoms with Gasteiger partial charge in [0.15, 0.2) is 0 Å². The fourth-order valence-corrected chi connectivity index (χ4v) is 1.31. The van der Waals surface area contributed by atoms with Gasteiger partial charge in [-0.25, -0.2) is 0 Å². The summed E-state index contributed by atoms with van der Waals surface area (Å²) in [6, 6.07) is 0. The molecular weight excluding hydrogens is 226 g/mol. The number of hydrogen-bond acceptors (Lipinski definition) is 5. The smallest absolute Gasteiger partial charge is 0.314 e. The molecule has 0 heterocycles. The number of carbonyl (C=O) groups excluding carboxylic acids is 3. The molecule has 0 fully saturated rings. The summed E-state index contributed by atoms with van der Waals surface area (Å²) in [5, 5.41) is 2.39. The van der Waals surface area contributed by atoms with E-state index in [2.05, 4.69) is 5.32 Å². The highest BCUT2D eigenvalue weighted by Crippen LogP contribution is 2.23. The SMILES string of the molecule is CCOC(=O)CC(C)(CNC=O)C(=O)OCC. The summed E-state index contributed by atoms with van der Waals surface area (Å²) in [6.07, 6.45) is 0.350. The van der Waals surface area contributed by atoms with E-state index in [1.54, 1.807) is 20.8 Å². The Balaban J connectivity index is 4.64. The summed E-state index contributed by atoms with van der Waals surface area (Å²) in [4.78, 5) is 33.4. The number of esters is 2. The van der Waals surface area contributed by atoms with Gasteiger partial charge in [0.05, 0.1) is 25.0 Å². The third-order valence-corrected chi connectivity index (χ3v) is 2.18. The van der Waals surface area contributed by atoms with Crippen molar-refractivity contribution in [1.29, 1.82) is 0 Å². The van der Waals surface area contributed by atoms with Crippen LogP contribution >= 0.6 is 0 Å². The minimum Gasteiger partial charge on any atom is -0.466 e. The molecule has 6 nitrogen and oxygen atoms in total. The quantitative estimate of drug-likeness (QED) is 0.490. The molecule has 0 aliphatic rings. The van der Waals surface area contributed by atoms with E-state index in [0.717, 1.165) is 0 Å². The van der Waals surface area contributed by atoms with Crippen LogP contribution in [0.25, 0.3) is 0 Å². The Labute approximate surface area is 101 Å². The van der Waals surface area contributed by atoms with Crippen molar-refractivity contribution in [1.82, 2.24) is 5.32 Å². The maximum atomic E-state index is 11.7. The third-order valence-electron chi connectivity index (χ3n) is 2.18. The lowest BCUT2D eigenvalue weighted by Crippen LogP contribution is -2.41. The van der Waals surface area contributed by atoms with Crippen LogP contribution in [0.3, 0.4) is 0 Å². The summed E-state index contributed by atoms with van der Waals surface area (Å²) in [5.74, 6) is -1.02. The van der Waals surface area contributed by atoms with Gasteiger partial charge in [-0.1, -0.05) is 0 Å². The van der Waals surface area contributed by atoms with E-state index in [0.29, 0.717) is 6.41 Å². The van der Waals surface area contributed by atoms with Crippen LogP contribution < -0.4 is 5.32 Å². The van der Waals surface area contributed by atoms with Gasteiger partial charge in [0.1, 0.15) is 0 Å². The number of amides is 1. The van der Waals surface area contributed by atoms with E-state index in [1.807, 2.05) is 0 Å². The van der Waals surface area contributed by atoms with Crippen LogP contribution in [0.5, 0.6) is 0 Å². The number of carbonyl (C=O) groups is 3. The standard InChI is InChI=1S/C11H19NO5/c1-4-16-9(14)6-11(3,7-12-8-13)10(15)17-5-2/h8H,4-7H2,1-3H3,(H,12,13). The van der Waals surface area contributed by atoms with Crippen molar-refractivity contribution in [3.05, 3.63) is 0 Å². The summed E-state index contributed by atoms with van der Waals surface area (Å²) < 4.78 is 9.66. The van der Waals surface area contributed by atoms with E-state index in [9.17, 15) is 14.4 Å². The minimum atomic E-state index is -1.09. The largest absolute Gasteiger partial charge is 0.466 e. The van der Waals surface area contributed by atoms with Crippen molar-refractivity contribution in [2.24, 2.45) is 5.41 Å². The summed E-state index contributed by atoms with van der Waals surface area (Å²) >= 11 is 0. The molecule has 0 aliphatic heterocycles. The van der Waals surface area contributed by atoms with Crippen LogP contribution in [-0.4, -0.2) is 38.1 Å². The van der Waals surface area contributed by atoms with E-state index < -0.39 is 17.4 Å². The molecule has 0 radical (unpaired) electrons. The summed E-state index contributed by atoms with van der Waals surface area (Å²) in [6.45, 7) is 5.42. The third kappa shape index (κ3) is 5.33. The van der Waals surface area contributed by atoms with Crippen LogP contribution in [0.1, 0.15) is 27.2 Å². The van der Waals surface area contributed by atoms with E-state index >= 15 is 0 Å². The predicted molar refractivity (Wildman–Crippen MR) is 60.1 cm³/mol. The highest BCUT2D eigenvalue weighted by molar-refractivity contribution is 5.83. The molecule has 6 heteroatoms. The van der Waals surface area contributed by atoms with Crippen molar-refractivity contribution in [3.8, 4) is 0 Å². The molecule has 17 heavy (non-hydrogen) atoms. The lowest BCUT2D eigenvalue weighted by Gasteiger charge is -2.25. The number of nitrogens with one attached hydrogen (secondary N) is 1. The maximum absolute atomic E-state index is 11.7. The van der Waals surface area contributed by atoms with Gasteiger partial charge >= 0.3 is 11.9 Å². The van der Waals surface area contributed by atoms with Crippen LogP contribution in [0.15, 0.2) is 0 Å². The normalized spacial score (nSPS) is 13.4. The molecule has 0 aromatic rings. The lowest BCUT2D eigenvalue weighted by molar-refractivity contribution is -0.161. The highest BCUT2D eigenvalue weighted by Gasteiger charge is 2.37. The van der Waals surface area contributed by atoms with E-state index in [1.165, 1.54) is 0 Å². The average molecular weight is 245 g/mol. The lowest BCUT2D eigenvalue weighted by atomic mass is 9.86. The molecule has 0 aromatic heterocycles. The first-order valence-corrected chi connectivity index (χ1v) is 5.50. The molecule has 0 aromatic carbocycles. The Morgan fingerprint density at radius 2 is 1.82 bits per heavy atom. The van der Waals surface area contributed by atoms with E-state index in [4.69, 9.17) is 9.47 Å². The first kappa shape index (κ1) is 15.4. The maximum Gasteiger partial charge on any atom is 0.314 e.